The lowest BCUT2D eigenvalue weighted by molar-refractivity contribution is -0.580. The summed E-state index contributed by atoms with van der Waals surface area (Å²) in [4.78, 5) is 0. The van der Waals surface area contributed by atoms with Crippen LogP contribution in [0.15, 0.2) is 0 Å². The lowest BCUT2D eigenvalue weighted by Gasteiger charge is -2.39. The van der Waals surface area contributed by atoms with E-state index in [0.717, 1.165) is 0 Å². The molecule has 0 radical (unpaired) electrons. The smallest absolute Gasteiger partial charge is 0.210 e. The Morgan fingerprint density at radius 3 is 0.909 bits per heavy atom. The van der Waals surface area contributed by atoms with Gasteiger partial charge in [0, 0.05) is 0 Å². The number of nitrogens with zero attached hydrogens (tertiary/aromatic N) is 2. The molecule has 134 valence electrons. The van der Waals surface area contributed by atoms with Gasteiger partial charge in [-0.2, -0.15) is 48.3 Å². The van der Waals surface area contributed by atoms with Gasteiger partial charge in [0.25, 0.3) is 0 Å². The Morgan fingerprint density at radius 1 is 0.455 bits per heavy atom. The summed E-state index contributed by atoms with van der Waals surface area (Å²) >= 11 is 0. The second kappa shape index (κ2) is 5.52. The van der Waals surface area contributed by atoms with E-state index in [9.17, 15) is 61.5 Å². The fourth-order valence-corrected chi connectivity index (χ4v) is 0.930. The van der Waals surface area contributed by atoms with Gasteiger partial charge in [-0.15, -0.1) is 13.2 Å². The predicted molar refractivity (Wildman–Crippen MR) is 33.9 cm³/mol. The zero-order chi connectivity index (χ0) is 18.4. The Kier molecular flexibility index (Phi) is 5.24. The molecule has 0 rings (SSSR count). The van der Waals surface area contributed by atoms with Crippen LogP contribution in [-0.2, 0) is 4.74 Å². The van der Waals surface area contributed by atoms with Crippen molar-refractivity contribution in [2.24, 2.45) is 0 Å². The fourth-order valence-electron chi connectivity index (χ4n) is 0.930. The molecule has 0 saturated carbocycles. The van der Waals surface area contributed by atoms with Crippen LogP contribution in [-0.4, -0.2) is 41.5 Å². The van der Waals surface area contributed by atoms with Crippen LogP contribution in [0.4, 0.5) is 61.5 Å². The Labute approximate surface area is 109 Å². The normalized spacial score (nSPS) is 15.8. The van der Waals surface area contributed by atoms with Crippen molar-refractivity contribution < 1.29 is 66.2 Å². The van der Waals surface area contributed by atoms with E-state index in [2.05, 4.69) is 0 Å². The van der Waals surface area contributed by atoms with E-state index < -0.39 is 41.5 Å². The number of halogens is 14. The van der Waals surface area contributed by atoms with E-state index in [4.69, 9.17) is 0 Å². The largest absolute Gasteiger partial charge is 0.528 e. The summed E-state index contributed by atoms with van der Waals surface area (Å²) in [6, 6.07) is 0. The molecule has 0 aromatic carbocycles. The molecule has 0 heterocycles. The molecule has 0 atom stereocenters. The molecule has 0 amide bonds. The van der Waals surface area contributed by atoms with Crippen molar-refractivity contribution in [3.05, 3.63) is 0 Å². The molecular weight excluding hydrogens is 370 g/mol. The van der Waals surface area contributed by atoms with Crippen molar-refractivity contribution in [2.75, 3.05) is 0 Å². The van der Waals surface area contributed by atoms with E-state index in [0.29, 0.717) is 0 Å². The van der Waals surface area contributed by atoms with Crippen molar-refractivity contribution in [1.82, 2.24) is 10.0 Å². The maximum atomic E-state index is 12.6. The molecule has 17 heteroatoms. The molecule has 0 N–H and O–H groups in total. The first-order chi connectivity index (χ1) is 9.20. The van der Waals surface area contributed by atoms with Gasteiger partial charge in [-0.1, -0.05) is 0 Å². The SMILES string of the molecule is FC(F)(F)OC(F)(F)N(N(C(F)(F)F)C(F)(F)F)C(F)(F)F. The third kappa shape index (κ3) is 5.59. The minimum absolute atomic E-state index is 1.42. The first-order valence-electron chi connectivity index (χ1n) is 4.15. The highest BCUT2D eigenvalue weighted by molar-refractivity contribution is 4.69. The average molecular weight is 370 g/mol. The minimum Gasteiger partial charge on any atom is -0.210 e. The van der Waals surface area contributed by atoms with Crippen LogP contribution >= 0.6 is 0 Å². The van der Waals surface area contributed by atoms with Gasteiger partial charge in [-0.3, -0.25) is 0 Å². The van der Waals surface area contributed by atoms with E-state index >= 15 is 0 Å². The Bertz CT molecular complexity index is 361. The van der Waals surface area contributed by atoms with Crippen LogP contribution in [0.25, 0.3) is 0 Å². The topological polar surface area (TPSA) is 15.7 Å². The van der Waals surface area contributed by atoms with Gasteiger partial charge < -0.3 is 0 Å². The summed E-state index contributed by atoms with van der Waals surface area (Å²) in [5, 5.41) is -7.78. The maximum absolute atomic E-state index is 12.6. The highest BCUT2D eigenvalue weighted by Crippen LogP contribution is 2.46. The van der Waals surface area contributed by atoms with Gasteiger partial charge >= 0.3 is 31.5 Å². The van der Waals surface area contributed by atoms with Gasteiger partial charge in [-0.25, -0.2) is 4.74 Å². The van der Waals surface area contributed by atoms with E-state index in [1.807, 2.05) is 0 Å². The van der Waals surface area contributed by atoms with Crippen LogP contribution in [0.3, 0.4) is 0 Å². The number of rotatable bonds is 3. The first-order valence-corrected chi connectivity index (χ1v) is 4.15. The van der Waals surface area contributed by atoms with Gasteiger partial charge in [0.1, 0.15) is 0 Å². The fraction of sp³-hybridized carbons (Fsp3) is 1.00. The molecule has 0 bridgehead atoms. The number of ether oxygens (including phenoxy) is 1. The van der Waals surface area contributed by atoms with Crippen molar-refractivity contribution in [2.45, 2.75) is 31.5 Å². The van der Waals surface area contributed by atoms with Gasteiger partial charge in [0.05, 0.1) is 0 Å². The second-order valence-corrected chi connectivity index (χ2v) is 3.06. The lowest BCUT2D eigenvalue weighted by Crippen LogP contribution is -2.68. The van der Waals surface area contributed by atoms with Crippen LogP contribution in [0.1, 0.15) is 0 Å². The van der Waals surface area contributed by atoms with Crippen LogP contribution < -0.4 is 0 Å². The van der Waals surface area contributed by atoms with Crippen LogP contribution in [0.5, 0.6) is 0 Å². The van der Waals surface area contributed by atoms with Crippen molar-refractivity contribution in [3.63, 3.8) is 0 Å². The maximum Gasteiger partial charge on any atom is 0.528 e. The average Bonchev–Trinajstić information content (AvgIpc) is 2.02. The lowest BCUT2D eigenvalue weighted by atomic mass is 10.7. The molecule has 22 heavy (non-hydrogen) atoms. The molecule has 0 aromatic rings. The molecule has 0 aliphatic heterocycles. The number of alkyl halides is 14. The Hall–Kier alpha value is -1.10. The van der Waals surface area contributed by atoms with E-state index in [-0.39, 0.29) is 0 Å². The summed E-state index contributed by atoms with van der Waals surface area (Å²) in [7, 11) is 0. The van der Waals surface area contributed by atoms with E-state index in [1.165, 1.54) is 4.74 Å². The molecule has 0 saturated heterocycles. The monoisotopic (exact) mass is 370 g/mol. The molecule has 0 spiro atoms. The number of hydrogen-bond acceptors (Lipinski definition) is 3. The molecule has 0 unspecified atom stereocenters. The molecule has 0 aliphatic carbocycles. The first kappa shape index (κ1) is 20.9. The summed E-state index contributed by atoms with van der Waals surface area (Å²) in [6.45, 7) is 0. The third-order valence-corrected chi connectivity index (χ3v) is 1.41. The van der Waals surface area contributed by atoms with Gasteiger partial charge in [0.2, 0.25) is 0 Å². The van der Waals surface area contributed by atoms with E-state index in [1.54, 1.807) is 0 Å². The highest BCUT2D eigenvalue weighted by Gasteiger charge is 2.72. The zero-order valence-electron chi connectivity index (χ0n) is 9.09. The van der Waals surface area contributed by atoms with Crippen molar-refractivity contribution in [1.29, 1.82) is 0 Å². The number of hydrogen-bond donors (Lipinski definition) is 0. The van der Waals surface area contributed by atoms with Crippen LogP contribution in [0.2, 0.25) is 0 Å². The standard InChI is InChI=1S/C5F14N2O/c6-1(7,8)20(2(9,10)11)21(3(12,13)14)5(18,19)22-4(15,16)17. The van der Waals surface area contributed by atoms with Crippen LogP contribution in [0, 0.1) is 0 Å². The Balaban J connectivity index is 6.13. The third-order valence-electron chi connectivity index (χ3n) is 1.41. The van der Waals surface area contributed by atoms with Gasteiger partial charge in [0.15, 0.2) is 0 Å². The summed E-state index contributed by atoms with van der Waals surface area (Å²) in [5.74, 6) is 0. The molecule has 3 nitrogen and oxygen atoms in total. The summed E-state index contributed by atoms with van der Waals surface area (Å²) in [6.07, 6.45) is -35.4. The summed E-state index contributed by atoms with van der Waals surface area (Å²) in [5.41, 5.74) is 0. The highest BCUT2D eigenvalue weighted by atomic mass is 19.4. The number of hydrazine groups is 1. The second-order valence-electron chi connectivity index (χ2n) is 3.06. The molecular formula is C5F14N2O. The van der Waals surface area contributed by atoms with Crippen molar-refractivity contribution >= 4 is 0 Å². The van der Waals surface area contributed by atoms with Gasteiger partial charge in [-0.05, 0) is 10.0 Å². The molecule has 0 aromatic heterocycles. The quantitative estimate of drug-likeness (QED) is 0.321. The summed E-state index contributed by atoms with van der Waals surface area (Å²) < 4.78 is 169. The zero-order valence-corrected chi connectivity index (χ0v) is 9.09. The Morgan fingerprint density at radius 2 is 0.727 bits per heavy atom. The predicted octanol–water partition coefficient (Wildman–Crippen LogP) is 4.15. The minimum atomic E-state index is -7.25. The molecule has 0 fully saturated rings. The molecule has 0 aliphatic rings. The van der Waals surface area contributed by atoms with Crippen molar-refractivity contribution in [3.8, 4) is 0 Å².